The van der Waals surface area contributed by atoms with Gasteiger partial charge in [-0.05, 0) is 49.4 Å². The fourth-order valence-electron chi connectivity index (χ4n) is 2.35. The standard InChI is InChI=1S/C19H15Cl2NO4/c1-11(25-14-5-2-12(20)3-6-14)10-22-19(24)18-9-16(23)15-8-13(21)4-7-17(15)26-18/h2-9,11H,10H2,1H3,(H,22,24). The Hall–Kier alpha value is -2.50. The average Bonchev–Trinajstić information content (AvgIpc) is 2.62. The number of benzene rings is 2. The third kappa shape index (κ3) is 4.36. The predicted molar refractivity (Wildman–Crippen MR) is 101 cm³/mol. The Morgan fingerprint density at radius 2 is 1.81 bits per heavy atom. The van der Waals surface area contributed by atoms with Crippen molar-refractivity contribution in [2.75, 3.05) is 6.54 Å². The van der Waals surface area contributed by atoms with Crippen LogP contribution in [0.5, 0.6) is 5.75 Å². The van der Waals surface area contributed by atoms with E-state index < -0.39 is 5.91 Å². The molecule has 0 aliphatic rings. The van der Waals surface area contributed by atoms with Crippen LogP contribution in [0.25, 0.3) is 11.0 Å². The molecule has 0 aliphatic carbocycles. The van der Waals surface area contributed by atoms with Crippen molar-refractivity contribution in [3.8, 4) is 5.75 Å². The topological polar surface area (TPSA) is 68.5 Å². The lowest BCUT2D eigenvalue weighted by atomic mass is 10.2. The normalized spacial score (nSPS) is 12.0. The molecule has 1 amide bonds. The SMILES string of the molecule is CC(CNC(=O)c1cc(=O)c2cc(Cl)ccc2o1)Oc1ccc(Cl)cc1. The lowest BCUT2D eigenvalue weighted by molar-refractivity contribution is 0.0905. The molecule has 0 radical (unpaired) electrons. The molecule has 0 saturated heterocycles. The van der Waals surface area contributed by atoms with Crippen LogP contribution in [0.2, 0.25) is 10.0 Å². The first kappa shape index (κ1) is 18.3. The Morgan fingerprint density at radius 1 is 1.12 bits per heavy atom. The summed E-state index contributed by atoms with van der Waals surface area (Å²) in [5, 5.41) is 4.05. The second kappa shape index (κ2) is 7.81. The summed E-state index contributed by atoms with van der Waals surface area (Å²) >= 11 is 11.7. The molecule has 1 heterocycles. The quantitative estimate of drug-likeness (QED) is 0.703. The van der Waals surface area contributed by atoms with Crippen molar-refractivity contribution in [2.24, 2.45) is 0 Å². The van der Waals surface area contributed by atoms with Gasteiger partial charge in [0.2, 0.25) is 0 Å². The first-order chi connectivity index (χ1) is 12.4. The molecular formula is C19H15Cl2NO4. The number of hydrogen-bond donors (Lipinski definition) is 1. The van der Waals surface area contributed by atoms with E-state index in [1.807, 2.05) is 6.92 Å². The summed E-state index contributed by atoms with van der Waals surface area (Å²) in [6.07, 6.45) is -0.286. The van der Waals surface area contributed by atoms with Crippen LogP contribution in [-0.2, 0) is 0 Å². The molecule has 7 heteroatoms. The molecule has 5 nitrogen and oxygen atoms in total. The van der Waals surface area contributed by atoms with Crippen LogP contribution in [0.15, 0.2) is 57.7 Å². The van der Waals surface area contributed by atoms with Gasteiger partial charge in [-0.15, -0.1) is 0 Å². The van der Waals surface area contributed by atoms with E-state index in [1.54, 1.807) is 36.4 Å². The van der Waals surface area contributed by atoms with Gasteiger partial charge in [0.25, 0.3) is 5.91 Å². The molecule has 3 aromatic rings. The van der Waals surface area contributed by atoms with Gasteiger partial charge >= 0.3 is 0 Å². The van der Waals surface area contributed by atoms with Crippen LogP contribution in [0.4, 0.5) is 0 Å². The van der Waals surface area contributed by atoms with Gasteiger partial charge in [0.05, 0.1) is 11.9 Å². The van der Waals surface area contributed by atoms with Gasteiger partial charge in [0, 0.05) is 16.1 Å². The molecule has 1 N–H and O–H groups in total. The number of carbonyl (C=O) groups is 1. The zero-order valence-electron chi connectivity index (χ0n) is 13.8. The molecule has 0 saturated carbocycles. The molecule has 1 atom stereocenters. The number of rotatable bonds is 5. The fraction of sp³-hybridized carbons (Fsp3) is 0.158. The summed E-state index contributed by atoms with van der Waals surface area (Å²) in [7, 11) is 0. The summed E-state index contributed by atoms with van der Waals surface area (Å²) in [6, 6.07) is 12.7. The smallest absolute Gasteiger partial charge is 0.287 e. The third-order valence-electron chi connectivity index (χ3n) is 3.61. The molecule has 134 valence electrons. The van der Waals surface area contributed by atoms with E-state index in [-0.39, 0.29) is 23.8 Å². The van der Waals surface area contributed by atoms with Crippen LogP contribution in [0.3, 0.4) is 0 Å². The van der Waals surface area contributed by atoms with E-state index in [2.05, 4.69) is 5.32 Å². The molecule has 0 aliphatic heterocycles. The second-order valence-corrected chi connectivity index (χ2v) is 6.58. The molecule has 1 unspecified atom stereocenters. The number of hydrogen-bond acceptors (Lipinski definition) is 4. The summed E-state index contributed by atoms with van der Waals surface area (Å²) in [6.45, 7) is 2.05. The van der Waals surface area contributed by atoms with Gasteiger partial charge in [-0.2, -0.15) is 0 Å². The minimum Gasteiger partial charge on any atom is -0.489 e. The predicted octanol–water partition coefficient (Wildman–Crippen LogP) is 4.30. The first-order valence-corrected chi connectivity index (χ1v) is 8.62. The van der Waals surface area contributed by atoms with Crippen molar-refractivity contribution in [3.05, 3.63) is 74.6 Å². The summed E-state index contributed by atoms with van der Waals surface area (Å²) in [5.41, 5.74) is -0.0260. The van der Waals surface area contributed by atoms with E-state index >= 15 is 0 Å². The second-order valence-electron chi connectivity index (χ2n) is 5.71. The number of amides is 1. The highest BCUT2D eigenvalue weighted by Crippen LogP contribution is 2.18. The van der Waals surface area contributed by atoms with Crippen LogP contribution < -0.4 is 15.5 Å². The Bertz CT molecular complexity index is 999. The molecule has 0 fully saturated rings. The number of halogens is 2. The van der Waals surface area contributed by atoms with Crippen LogP contribution >= 0.6 is 23.2 Å². The molecule has 1 aromatic heterocycles. The van der Waals surface area contributed by atoms with Crippen molar-refractivity contribution in [1.29, 1.82) is 0 Å². The van der Waals surface area contributed by atoms with Crippen LogP contribution in [-0.4, -0.2) is 18.6 Å². The highest BCUT2D eigenvalue weighted by molar-refractivity contribution is 6.31. The monoisotopic (exact) mass is 391 g/mol. The van der Waals surface area contributed by atoms with E-state index in [0.717, 1.165) is 6.07 Å². The largest absolute Gasteiger partial charge is 0.489 e. The highest BCUT2D eigenvalue weighted by atomic mass is 35.5. The van der Waals surface area contributed by atoms with Gasteiger partial charge in [0.15, 0.2) is 11.2 Å². The number of fused-ring (bicyclic) bond motifs is 1. The summed E-state index contributed by atoms with van der Waals surface area (Å²) < 4.78 is 11.2. The zero-order valence-corrected chi connectivity index (χ0v) is 15.3. The molecule has 26 heavy (non-hydrogen) atoms. The highest BCUT2D eigenvalue weighted by Gasteiger charge is 2.14. The van der Waals surface area contributed by atoms with Crippen molar-refractivity contribution in [2.45, 2.75) is 13.0 Å². The van der Waals surface area contributed by atoms with Gasteiger partial charge in [-0.25, -0.2) is 0 Å². The average molecular weight is 392 g/mol. The van der Waals surface area contributed by atoms with Gasteiger partial charge in [-0.3, -0.25) is 9.59 Å². The minimum atomic E-state index is -0.495. The Labute approximate surface area is 159 Å². The Morgan fingerprint density at radius 3 is 2.54 bits per heavy atom. The van der Waals surface area contributed by atoms with Gasteiger partial charge in [0.1, 0.15) is 17.4 Å². The Kier molecular flexibility index (Phi) is 5.49. The number of nitrogens with one attached hydrogen (secondary N) is 1. The zero-order chi connectivity index (χ0) is 18.7. The maximum atomic E-state index is 12.3. The van der Waals surface area contributed by atoms with E-state index in [4.69, 9.17) is 32.4 Å². The van der Waals surface area contributed by atoms with Crippen molar-refractivity contribution < 1.29 is 13.9 Å². The maximum Gasteiger partial charge on any atom is 0.287 e. The first-order valence-electron chi connectivity index (χ1n) is 7.86. The minimum absolute atomic E-state index is 0.0662. The van der Waals surface area contributed by atoms with E-state index in [1.165, 1.54) is 6.07 Å². The summed E-state index contributed by atoms with van der Waals surface area (Å²) in [5.74, 6) is 0.0827. The maximum absolute atomic E-state index is 12.3. The van der Waals surface area contributed by atoms with Crippen LogP contribution in [0, 0.1) is 0 Å². The van der Waals surface area contributed by atoms with Crippen molar-refractivity contribution in [3.63, 3.8) is 0 Å². The van der Waals surface area contributed by atoms with Gasteiger partial charge < -0.3 is 14.5 Å². The molecular weight excluding hydrogens is 377 g/mol. The summed E-state index contributed by atoms with van der Waals surface area (Å²) in [4.78, 5) is 24.4. The molecule has 0 spiro atoms. The molecule has 0 bridgehead atoms. The molecule has 3 rings (SSSR count). The van der Waals surface area contributed by atoms with Gasteiger partial charge in [-0.1, -0.05) is 23.2 Å². The number of ether oxygens (including phenoxy) is 1. The van der Waals surface area contributed by atoms with Crippen molar-refractivity contribution in [1.82, 2.24) is 5.32 Å². The van der Waals surface area contributed by atoms with Crippen molar-refractivity contribution >= 4 is 40.1 Å². The lowest BCUT2D eigenvalue weighted by Gasteiger charge is -2.15. The fourth-order valence-corrected chi connectivity index (χ4v) is 2.65. The Balaban J connectivity index is 1.66. The van der Waals surface area contributed by atoms with E-state index in [9.17, 15) is 9.59 Å². The third-order valence-corrected chi connectivity index (χ3v) is 4.10. The molecule has 2 aromatic carbocycles. The van der Waals surface area contributed by atoms with Crippen LogP contribution in [0.1, 0.15) is 17.5 Å². The number of carbonyl (C=O) groups excluding carboxylic acids is 1. The van der Waals surface area contributed by atoms with E-state index in [0.29, 0.717) is 26.8 Å². The lowest BCUT2D eigenvalue weighted by Crippen LogP contribution is -2.33.